The number of carbonyl (C=O) groups excluding carboxylic acids is 1. The second-order valence-electron chi connectivity index (χ2n) is 5.37. The van der Waals surface area contributed by atoms with Gasteiger partial charge >= 0.3 is 0 Å². The zero-order valence-corrected chi connectivity index (χ0v) is 16.1. The average Bonchev–Trinajstić information content (AvgIpc) is 2.65. The molecule has 0 atom stereocenters. The maximum Gasteiger partial charge on any atom is 0.277 e. The number of carbonyl (C=O) groups is 1. The van der Waals surface area contributed by atoms with Crippen molar-refractivity contribution in [1.29, 1.82) is 0 Å². The van der Waals surface area contributed by atoms with Crippen molar-refractivity contribution in [3.8, 4) is 11.5 Å². The van der Waals surface area contributed by atoms with Gasteiger partial charge in [-0.2, -0.15) is 5.10 Å². The van der Waals surface area contributed by atoms with E-state index >= 15 is 0 Å². The Morgan fingerprint density at radius 1 is 1.20 bits per heavy atom. The van der Waals surface area contributed by atoms with Crippen LogP contribution >= 0.6 is 15.9 Å². The van der Waals surface area contributed by atoms with Crippen molar-refractivity contribution >= 4 is 27.5 Å². The number of benzene rings is 2. The summed E-state index contributed by atoms with van der Waals surface area (Å²) >= 11 is 3.45. The van der Waals surface area contributed by atoms with E-state index in [0.29, 0.717) is 11.5 Å². The smallest absolute Gasteiger partial charge is 0.277 e. The van der Waals surface area contributed by atoms with Gasteiger partial charge < -0.3 is 9.47 Å². The Kier molecular flexibility index (Phi) is 7.01. The van der Waals surface area contributed by atoms with Gasteiger partial charge in [-0.25, -0.2) is 5.43 Å². The lowest BCUT2D eigenvalue weighted by Gasteiger charge is -2.09. The van der Waals surface area contributed by atoms with Crippen molar-refractivity contribution in [2.45, 2.75) is 20.3 Å². The molecule has 0 aromatic heterocycles. The van der Waals surface area contributed by atoms with E-state index in [2.05, 4.69) is 33.4 Å². The Labute approximate surface area is 156 Å². The summed E-state index contributed by atoms with van der Waals surface area (Å²) < 4.78 is 11.5. The third-order valence-corrected chi connectivity index (χ3v) is 4.24. The maximum absolute atomic E-state index is 11.9. The molecule has 2 aromatic rings. The molecule has 0 aliphatic heterocycles. The van der Waals surface area contributed by atoms with Crippen LogP contribution in [-0.4, -0.2) is 25.3 Å². The summed E-state index contributed by atoms with van der Waals surface area (Å²) in [6.07, 6.45) is 0.943. The van der Waals surface area contributed by atoms with Crippen molar-refractivity contribution in [2.75, 3.05) is 13.7 Å². The number of ether oxygens (including phenoxy) is 2. The first-order valence-electron chi connectivity index (χ1n) is 7.92. The highest BCUT2D eigenvalue weighted by Crippen LogP contribution is 2.26. The first-order chi connectivity index (χ1) is 12.0. The van der Waals surface area contributed by atoms with Crippen LogP contribution in [0, 0.1) is 0 Å². The number of hydrazone groups is 1. The van der Waals surface area contributed by atoms with Crippen molar-refractivity contribution in [3.05, 3.63) is 58.1 Å². The predicted molar refractivity (Wildman–Crippen MR) is 102 cm³/mol. The van der Waals surface area contributed by atoms with Crippen LogP contribution < -0.4 is 14.9 Å². The van der Waals surface area contributed by atoms with Crippen LogP contribution in [0.4, 0.5) is 0 Å². The summed E-state index contributed by atoms with van der Waals surface area (Å²) in [4.78, 5) is 11.9. The first kappa shape index (κ1) is 19.0. The van der Waals surface area contributed by atoms with Crippen LogP contribution in [0.25, 0.3) is 0 Å². The summed E-state index contributed by atoms with van der Waals surface area (Å²) in [6, 6.07) is 13.3. The number of hydrogen-bond acceptors (Lipinski definition) is 4. The minimum atomic E-state index is -0.320. The summed E-state index contributed by atoms with van der Waals surface area (Å²) in [6.45, 7) is 3.80. The second-order valence-corrected chi connectivity index (χ2v) is 6.22. The molecule has 6 heteroatoms. The molecular weight excluding hydrogens is 384 g/mol. The molecule has 5 nitrogen and oxygen atoms in total. The van der Waals surface area contributed by atoms with Gasteiger partial charge in [0.15, 0.2) is 6.61 Å². The molecule has 2 rings (SSSR count). The molecule has 0 unspecified atom stereocenters. The molecule has 0 aliphatic rings. The maximum atomic E-state index is 11.9. The Bertz CT molecular complexity index is 758. The topological polar surface area (TPSA) is 59.9 Å². The number of rotatable bonds is 7. The van der Waals surface area contributed by atoms with Gasteiger partial charge in [0.25, 0.3) is 5.91 Å². The van der Waals surface area contributed by atoms with Crippen LogP contribution in [0.3, 0.4) is 0 Å². The number of nitrogens with one attached hydrogen (secondary N) is 1. The van der Waals surface area contributed by atoms with Crippen molar-refractivity contribution in [2.24, 2.45) is 5.10 Å². The van der Waals surface area contributed by atoms with Crippen LogP contribution in [0.1, 0.15) is 25.0 Å². The van der Waals surface area contributed by atoms with E-state index < -0.39 is 0 Å². The summed E-state index contributed by atoms with van der Waals surface area (Å²) in [5.74, 6) is 1.08. The SMILES string of the molecule is CCc1ccc(OCC(=O)NN=C(C)c2ccc(OC)cc2)c(Br)c1. The van der Waals surface area contributed by atoms with Gasteiger partial charge in [-0.3, -0.25) is 4.79 Å². The Balaban J connectivity index is 1.89. The molecule has 1 amide bonds. The lowest BCUT2D eigenvalue weighted by molar-refractivity contribution is -0.123. The summed E-state index contributed by atoms with van der Waals surface area (Å²) in [7, 11) is 1.62. The molecule has 0 spiro atoms. The van der Waals surface area contributed by atoms with E-state index in [1.165, 1.54) is 5.56 Å². The minimum Gasteiger partial charge on any atom is -0.497 e. The average molecular weight is 405 g/mol. The van der Waals surface area contributed by atoms with Gasteiger partial charge in [0.05, 0.1) is 17.3 Å². The summed E-state index contributed by atoms with van der Waals surface area (Å²) in [5.41, 5.74) is 5.30. The molecule has 132 valence electrons. The van der Waals surface area contributed by atoms with Crippen molar-refractivity contribution in [3.63, 3.8) is 0 Å². The third kappa shape index (κ3) is 5.60. The van der Waals surface area contributed by atoms with Gasteiger partial charge in [-0.1, -0.05) is 13.0 Å². The molecular formula is C19H21BrN2O3. The van der Waals surface area contributed by atoms with E-state index in [4.69, 9.17) is 9.47 Å². The Morgan fingerprint density at radius 3 is 2.52 bits per heavy atom. The van der Waals surface area contributed by atoms with E-state index in [1.807, 2.05) is 49.4 Å². The number of nitrogens with zero attached hydrogens (tertiary/aromatic N) is 1. The van der Waals surface area contributed by atoms with Crippen molar-refractivity contribution < 1.29 is 14.3 Å². The highest BCUT2D eigenvalue weighted by Gasteiger charge is 2.06. The molecule has 25 heavy (non-hydrogen) atoms. The molecule has 0 radical (unpaired) electrons. The highest BCUT2D eigenvalue weighted by molar-refractivity contribution is 9.10. The standard InChI is InChI=1S/C19H21BrN2O3/c1-4-14-5-10-18(17(20)11-14)25-12-19(23)22-21-13(2)15-6-8-16(24-3)9-7-15/h5-11H,4,12H2,1-3H3,(H,22,23). The van der Waals surface area contributed by atoms with E-state index in [9.17, 15) is 4.79 Å². The third-order valence-electron chi connectivity index (χ3n) is 3.62. The number of methoxy groups -OCH3 is 1. The zero-order chi connectivity index (χ0) is 18.2. The van der Waals surface area contributed by atoms with Gasteiger partial charge in [0.2, 0.25) is 0 Å². The molecule has 0 saturated carbocycles. The Morgan fingerprint density at radius 2 is 1.92 bits per heavy atom. The van der Waals surface area contributed by atoms with Crippen LogP contribution in [0.2, 0.25) is 0 Å². The quantitative estimate of drug-likeness (QED) is 0.561. The Hall–Kier alpha value is -2.34. The highest BCUT2D eigenvalue weighted by atomic mass is 79.9. The van der Waals surface area contributed by atoms with Gasteiger partial charge in [0, 0.05) is 0 Å². The summed E-state index contributed by atoms with van der Waals surface area (Å²) in [5, 5.41) is 4.10. The first-order valence-corrected chi connectivity index (χ1v) is 8.71. The molecule has 0 bridgehead atoms. The monoisotopic (exact) mass is 404 g/mol. The number of amides is 1. The van der Waals surface area contributed by atoms with Gasteiger partial charge in [-0.15, -0.1) is 0 Å². The fourth-order valence-electron chi connectivity index (χ4n) is 2.10. The molecule has 0 saturated heterocycles. The molecule has 0 heterocycles. The van der Waals surface area contributed by atoms with Gasteiger partial charge in [0.1, 0.15) is 11.5 Å². The second kappa shape index (κ2) is 9.22. The number of hydrogen-bond donors (Lipinski definition) is 1. The van der Waals surface area contributed by atoms with Crippen LogP contribution in [0.15, 0.2) is 52.0 Å². The lowest BCUT2D eigenvalue weighted by atomic mass is 10.1. The minimum absolute atomic E-state index is 0.108. The molecule has 0 fully saturated rings. The predicted octanol–water partition coefficient (Wildman–Crippen LogP) is 3.94. The molecule has 2 aromatic carbocycles. The van der Waals surface area contributed by atoms with Crippen LogP contribution in [0.5, 0.6) is 11.5 Å². The van der Waals surface area contributed by atoms with Crippen LogP contribution in [-0.2, 0) is 11.2 Å². The largest absolute Gasteiger partial charge is 0.497 e. The van der Waals surface area contributed by atoms with E-state index in [1.54, 1.807) is 7.11 Å². The number of aryl methyl sites for hydroxylation is 1. The van der Waals surface area contributed by atoms with E-state index in [0.717, 1.165) is 22.2 Å². The fourth-order valence-corrected chi connectivity index (χ4v) is 2.64. The molecule has 0 aliphatic carbocycles. The normalized spacial score (nSPS) is 11.1. The molecule has 1 N–H and O–H groups in total. The lowest BCUT2D eigenvalue weighted by Crippen LogP contribution is -2.25. The van der Waals surface area contributed by atoms with Crippen molar-refractivity contribution in [1.82, 2.24) is 5.43 Å². The van der Waals surface area contributed by atoms with Gasteiger partial charge in [-0.05, 0) is 76.8 Å². The van der Waals surface area contributed by atoms with E-state index in [-0.39, 0.29) is 12.5 Å². The number of halogens is 1. The fraction of sp³-hybridized carbons (Fsp3) is 0.263. The zero-order valence-electron chi connectivity index (χ0n) is 14.5.